The first-order valence-corrected chi connectivity index (χ1v) is 5.65. The van der Waals surface area contributed by atoms with Gasteiger partial charge >= 0.3 is 0 Å². The summed E-state index contributed by atoms with van der Waals surface area (Å²) < 4.78 is 0.855. The van der Waals surface area contributed by atoms with E-state index in [1.165, 1.54) is 0 Å². The summed E-state index contributed by atoms with van der Waals surface area (Å²) in [6.45, 7) is 0. The molecule has 0 spiro atoms. The van der Waals surface area contributed by atoms with Gasteiger partial charge in [-0.25, -0.2) is 5.43 Å². The van der Waals surface area contributed by atoms with Crippen LogP contribution < -0.4 is 5.43 Å². The Morgan fingerprint density at radius 3 is 2.80 bits per heavy atom. The van der Waals surface area contributed by atoms with Crippen molar-refractivity contribution in [2.24, 2.45) is 5.10 Å². The van der Waals surface area contributed by atoms with Crippen LogP contribution in [0.1, 0.15) is 18.4 Å². The van der Waals surface area contributed by atoms with Crippen molar-refractivity contribution in [1.82, 2.24) is 5.43 Å². The molecule has 0 saturated heterocycles. The van der Waals surface area contributed by atoms with Crippen LogP contribution in [-0.4, -0.2) is 11.6 Å². The summed E-state index contributed by atoms with van der Waals surface area (Å²) in [5.74, 6) is -0.0399. The maximum Gasteiger partial charge on any atom is 0.240 e. The summed E-state index contributed by atoms with van der Waals surface area (Å²) in [6, 6.07) is 5.63. The standard InChI is InChI=1S/C10H8BrClN2O/c11-7-2-1-6(5-8(7)12)9-3-4-10(15)14-13-9/h1-2,5H,3-4H2,(H,14,15). The molecule has 0 radical (unpaired) electrons. The Hall–Kier alpha value is -0.870. The van der Waals surface area contributed by atoms with E-state index >= 15 is 0 Å². The van der Waals surface area contributed by atoms with E-state index in [1.54, 1.807) is 0 Å². The highest BCUT2D eigenvalue weighted by molar-refractivity contribution is 9.10. The van der Waals surface area contributed by atoms with Crippen molar-refractivity contribution in [1.29, 1.82) is 0 Å². The van der Waals surface area contributed by atoms with E-state index in [0.29, 0.717) is 17.9 Å². The number of benzene rings is 1. The van der Waals surface area contributed by atoms with Gasteiger partial charge in [-0.3, -0.25) is 4.79 Å². The predicted molar refractivity (Wildman–Crippen MR) is 63.1 cm³/mol. The third-order valence-electron chi connectivity index (χ3n) is 2.16. The second kappa shape index (κ2) is 4.33. The zero-order valence-electron chi connectivity index (χ0n) is 7.76. The van der Waals surface area contributed by atoms with E-state index in [0.717, 1.165) is 15.7 Å². The van der Waals surface area contributed by atoms with Gasteiger partial charge in [0.1, 0.15) is 0 Å². The van der Waals surface area contributed by atoms with E-state index in [9.17, 15) is 4.79 Å². The van der Waals surface area contributed by atoms with E-state index in [1.807, 2.05) is 18.2 Å². The maximum absolute atomic E-state index is 10.9. The Morgan fingerprint density at radius 1 is 1.40 bits per heavy atom. The molecule has 0 unspecified atom stereocenters. The van der Waals surface area contributed by atoms with Crippen LogP contribution in [-0.2, 0) is 4.79 Å². The summed E-state index contributed by atoms with van der Waals surface area (Å²) in [6.07, 6.45) is 1.14. The molecule has 15 heavy (non-hydrogen) atoms. The Kier molecular flexibility index (Phi) is 3.07. The monoisotopic (exact) mass is 286 g/mol. The second-order valence-electron chi connectivity index (χ2n) is 3.22. The summed E-state index contributed by atoms with van der Waals surface area (Å²) in [7, 11) is 0. The van der Waals surface area contributed by atoms with E-state index in [4.69, 9.17) is 11.6 Å². The lowest BCUT2D eigenvalue weighted by atomic mass is 10.0. The first kappa shape index (κ1) is 10.6. The summed E-state index contributed by atoms with van der Waals surface area (Å²) in [4.78, 5) is 10.9. The highest BCUT2D eigenvalue weighted by atomic mass is 79.9. The zero-order chi connectivity index (χ0) is 10.8. The molecule has 1 aromatic rings. The van der Waals surface area contributed by atoms with Crippen molar-refractivity contribution in [3.8, 4) is 0 Å². The van der Waals surface area contributed by atoms with Gasteiger partial charge in [0.15, 0.2) is 0 Å². The van der Waals surface area contributed by atoms with Crippen LogP contribution in [0.25, 0.3) is 0 Å². The lowest BCUT2D eigenvalue weighted by Gasteiger charge is -2.12. The average Bonchev–Trinajstić information content (AvgIpc) is 2.23. The molecular weight excluding hydrogens is 279 g/mol. The van der Waals surface area contributed by atoms with E-state index < -0.39 is 0 Å². The second-order valence-corrected chi connectivity index (χ2v) is 4.48. The molecule has 0 fully saturated rings. The van der Waals surface area contributed by atoms with E-state index in [2.05, 4.69) is 26.5 Å². The molecule has 1 heterocycles. The zero-order valence-corrected chi connectivity index (χ0v) is 10.1. The molecule has 0 aliphatic carbocycles. The summed E-state index contributed by atoms with van der Waals surface area (Å²) in [5, 5.41) is 4.64. The smallest absolute Gasteiger partial charge is 0.240 e. The maximum atomic E-state index is 10.9. The van der Waals surface area contributed by atoms with Gasteiger partial charge in [0.05, 0.1) is 10.7 Å². The molecule has 1 aromatic carbocycles. The number of carbonyl (C=O) groups excluding carboxylic acids is 1. The number of amides is 1. The van der Waals surface area contributed by atoms with Gasteiger partial charge in [0.25, 0.3) is 0 Å². The van der Waals surface area contributed by atoms with Crippen LogP contribution >= 0.6 is 27.5 Å². The summed E-state index contributed by atoms with van der Waals surface area (Å²) in [5.41, 5.74) is 4.27. The molecule has 78 valence electrons. The number of nitrogens with one attached hydrogen (secondary N) is 1. The number of carbonyl (C=O) groups is 1. The molecule has 1 amide bonds. The van der Waals surface area contributed by atoms with Gasteiger partial charge < -0.3 is 0 Å². The Labute approximate surface area is 101 Å². The van der Waals surface area contributed by atoms with Gasteiger partial charge in [-0.1, -0.05) is 17.7 Å². The van der Waals surface area contributed by atoms with Crippen LogP contribution in [0, 0.1) is 0 Å². The number of hydrazone groups is 1. The fourth-order valence-corrected chi connectivity index (χ4v) is 1.79. The molecule has 2 rings (SSSR count). The number of halogens is 2. The largest absolute Gasteiger partial charge is 0.273 e. The lowest BCUT2D eigenvalue weighted by Crippen LogP contribution is -2.25. The minimum atomic E-state index is -0.0399. The predicted octanol–water partition coefficient (Wildman–Crippen LogP) is 2.72. The molecule has 1 N–H and O–H groups in total. The van der Waals surface area contributed by atoms with Crippen LogP contribution in [0.4, 0.5) is 0 Å². The Bertz CT molecular complexity index is 445. The molecule has 0 saturated carbocycles. The third kappa shape index (κ3) is 2.38. The highest BCUT2D eigenvalue weighted by Gasteiger charge is 2.13. The van der Waals surface area contributed by atoms with Crippen molar-refractivity contribution in [2.75, 3.05) is 0 Å². The third-order valence-corrected chi connectivity index (χ3v) is 3.39. The minimum Gasteiger partial charge on any atom is -0.273 e. The van der Waals surface area contributed by atoms with Crippen molar-refractivity contribution in [3.05, 3.63) is 33.3 Å². The van der Waals surface area contributed by atoms with Crippen LogP contribution in [0.3, 0.4) is 0 Å². The Balaban J connectivity index is 2.30. The SMILES string of the molecule is O=C1CCC(c2ccc(Br)c(Cl)c2)=NN1. The van der Waals surface area contributed by atoms with Crippen LogP contribution in [0.15, 0.2) is 27.8 Å². The first-order valence-electron chi connectivity index (χ1n) is 4.47. The van der Waals surface area contributed by atoms with Crippen LogP contribution in [0.5, 0.6) is 0 Å². The van der Waals surface area contributed by atoms with Crippen molar-refractivity contribution in [2.45, 2.75) is 12.8 Å². The average molecular weight is 288 g/mol. The quantitative estimate of drug-likeness (QED) is 0.848. The number of hydrogen-bond acceptors (Lipinski definition) is 2. The topological polar surface area (TPSA) is 41.5 Å². The van der Waals surface area contributed by atoms with E-state index in [-0.39, 0.29) is 5.91 Å². The minimum absolute atomic E-state index is 0.0399. The summed E-state index contributed by atoms with van der Waals surface area (Å²) >= 11 is 9.29. The first-order chi connectivity index (χ1) is 7.16. The van der Waals surface area contributed by atoms with Gasteiger partial charge in [-0.2, -0.15) is 5.10 Å². The molecule has 0 bridgehead atoms. The lowest BCUT2D eigenvalue weighted by molar-refractivity contribution is -0.121. The molecule has 5 heteroatoms. The molecule has 1 aliphatic heterocycles. The molecule has 1 aliphatic rings. The fourth-order valence-electron chi connectivity index (χ4n) is 1.36. The Morgan fingerprint density at radius 2 is 2.20 bits per heavy atom. The molecular formula is C10H8BrClN2O. The van der Waals surface area contributed by atoms with Gasteiger partial charge in [0, 0.05) is 17.3 Å². The normalized spacial score (nSPS) is 15.9. The van der Waals surface area contributed by atoms with Crippen molar-refractivity contribution in [3.63, 3.8) is 0 Å². The molecule has 0 aromatic heterocycles. The highest BCUT2D eigenvalue weighted by Crippen LogP contribution is 2.24. The van der Waals surface area contributed by atoms with Crippen molar-refractivity contribution >= 4 is 39.1 Å². The van der Waals surface area contributed by atoms with Crippen molar-refractivity contribution < 1.29 is 4.79 Å². The number of hydrogen-bond donors (Lipinski definition) is 1. The number of nitrogens with zero attached hydrogens (tertiary/aromatic N) is 1. The number of rotatable bonds is 1. The fraction of sp³-hybridized carbons (Fsp3) is 0.200. The van der Waals surface area contributed by atoms with Crippen LogP contribution in [0.2, 0.25) is 5.02 Å². The van der Waals surface area contributed by atoms with Gasteiger partial charge in [-0.05, 0) is 33.6 Å². The molecule has 0 atom stereocenters. The van der Waals surface area contributed by atoms with Gasteiger partial charge in [-0.15, -0.1) is 0 Å². The molecule has 3 nitrogen and oxygen atoms in total. The van der Waals surface area contributed by atoms with Gasteiger partial charge in [0.2, 0.25) is 5.91 Å².